The van der Waals surface area contributed by atoms with E-state index in [1.165, 1.54) is 6.26 Å². The zero-order valence-electron chi connectivity index (χ0n) is 10.5. The number of hydrazine groups is 1. The number of benzene rings is 1. The van der Waals surface area contributed by atoms with Gasteiger partial charge < -0.3 is 8.98 Å². The summed E-state index contributed by atoms with van der Waals surface area (Å²) in [6, 6.07) is 9.61. The molecule has 20 heavy (non-hydrogen) atoms. The zero-order chi connectivity index (χ0) is 14.1. The van der Waals surface area contributed by atoms with Crippen LogP contribution < -0.4 is 11.3 Å². The SMILES string of the molecule is NNC(=O)c1ccoc1Cn1ccc2c(Br)cccc21. The van der Waals surface area contributed by atoms with Crippen LogP contribution >= 0.6 is 15.9 Å². The second-order valence-corrected chi connectivity index (χ2v) is 5.20. The van der Waals surface area contributed by atoms with Crippen LogP contribution in [-0.4, -0.2) is 10.5 Å². The number of carbonyl (C=O) groups is 1. The van der Waals surface area contributed by atoms with Gasteiger partial charge in [-0.2, -0.15) is 0 Å². The second-order valence-electron chi connectivity index (χ2n) is 4.35. The number of nitrogens with zero attached hydrogens (tertiary/aromatic N) is 1. The average molecular weight is 334 g/mol. The Hall–Kier alpha value is -2.05. The summed E-state index contributed by atoms with van der Waals surface area (Å²) in [7, 11) is 0. The van der Waals surface area contributed by atoms with E-state index in [1.807, 2.05) is 35.0 Å². The Balaban J connectivity index is 2.00. The monoisotopic (exact) mass is 333 g/mol. The van der Waals surface area contributed by atoms with Gasteiger partial charge in [0.05, 0.1) is 18.4 Å². The summed E-state index contributed by atoms with van der Waals surface area (Å²) in [5.74, 6) is 5.38. The van der Waals surface area contributed by atoms with E-state index in [4.69, 9.17) is 10.3 Å². The number of furan rings is 1. The summed E-state index contributed by atoms with van der Waals surface area (Å²) >= 11 is 3.52. The molecule has 0 aliphatic carbocycles. The molecule has 1 amide bonds. The van der Waals surface area contributed by atoms with Crippen LogP contribution in [0.3, 0.4) is 0 Å². The molecule has 0 aliphatic heterocycles. The molecule has 2 heterocycles. The third-order valence-corrected chi connectivity index (χ3v) is 3.89. The number of aromatic nitrogens is 1. The molecule has 102 valence electrons. The van der Waals surface area contributed by atoms with E-state index in [-0.39, 0.29) is 5.91 Å². The lowest BCUT2D eigenvalue weighted by Gasteiger charge is -2.05. The van der Waals surface area contributed by atoms with E-state index in [9.17, 15) is 4.79 Å². The van der Waals surface area contributed by atoms with Crippen molar-refractivity contribution < 1.29 is 9.21 Å². The lowest BCUT2D eigenvalue weighted by Crippen LogP contribution is -2.30. The van der Waals surface area contributed by atoms with Gasteiger partial charge in [-0.1, -0.05) is 22.0 Å². The van der Waals surface area contributed by atoms with Gasteiger partial charge in [0.25, 0.3) is 5.91 Å². The van der Waals surface area contributed by atoms with Crippen molar-refractivity contribution in [3.63, 3.8) is 0 Å². The Labute approximate surface area is 123 Å². The molecule has 0 radical (unpaired) electrons. The molecule has 0 spiro atoms. The van der Waals surface area contributed by atoms with Gasteiger partial charge in [0.15, 0.2) is 0 Å². The maximum Gasteiger partial charge on any atom is 0.268 e. The third-order valence-electron chi connectivity index (χ3n) is 3.20. The van der Waals surface area contributed by atoms with Crippen molar-refractivity contribution in [2.75, 3.05) is 0 Å². The summed E-state index contributed by atoms with van der Waals surface area (Å²) in [5.41, 5.74) is 3.63. The highest BCUT2D eigenvalue weighted by Crippen LogP contribution is 2.25. The molecule has 0 atom stereocenters. The molecule has 0 unspecified atom stereocenters. The minimum Gasteiger partial charge on any atom is -0.467 e. The van der Waals surface area contributed by atoms with Gasteiger partial charge in [-0.25, -0.2) is 5.84 Å². The maximum atomic E-state index is 11.6. The molecule has 1 aromatic carbocycles. The van der Waals surface area contributed by atoms with Crippen LogP contribution in [0.15, 0.2) is 51.7 Å². The third kappa shape index (κ3) is 2.13. The minimum atomic E-state index is -0.355. The number of hydrogen-bond donors (Lipinski definition) is 2. The van der Waals surface area contributed by atoms with Crippen LogP contribution in [0.5, 0.6) is 0 Å². The van der Waals surface area contributed by atoms with Crippen molar-refractivity contribution in [1.29, 1.82) is 0 Å². The average Bonchev–Trinajstić information content (AvgIpc) is 3.07. The Morgan fingerprint density at radius 3 is 3.00 bits per heavy atom. The molecule has 6 heteroatoms. The topological polar surface area (TPSA) is 73.2 Å². The number of nitrogens with one attached hydrogen (secondary N) is 1. The number of rotatable bonds is 3. The summed E-state index contributed by atoms with van der Waals surface area (Å²) in [5, 5.41) is 1.11. The second kappa shape index (κ2) is 5.15. The summed E-state index contributed by atoms with van der Waals surface area (Å²) in [6.07, 6.45) is 3.45. The minimum absolute atomic E-state index is 0.355. The number of amides is 1. The molecule has 3 N–H and O–H groups in total. The molecule has 0 aliphatic rings. The fraction of sp³-hybridized carbons (Fsp3) is 0.0714. The van der Waals surface area contributed by atoms with Crippen molar-refractivity contribution >= 4 is 32.7 Å². The maximum absolute atomic E-state index is 11.6. The van der Waals surface area contributed by atoms with Crippen molar-refractivity contribution in [2.24, 2.45) is 5.84 Å². The fourth-order valence-corrected chi connectivity index (χ4v) is 2.71. The smallest absolute Gasteiger partial charge is 0.268 e. The highest BCUT2D eigenvalue weighted by Gasteiger charge is 2.14. The molecule has 5 nitrogen and oxygen atoms in total. The molecule has 0 saturated heterocycles. The standard InChI is InChI=1S/C14H12BrN3O2/c15-11-2-1-3-12-9(11)4-6-18(12)8-13-10(5-7-20-13)14(19)17-16/h1-7H,8,16H2,(H,17,19). The lowest BCUT2D eigenvalue weighted by molar-refractivity contribution is 0.0951. The first-order valence-electron chi connectivity index (χ1n) is 6.01. The van der Waals surface area contributed by atoms with Gasteiger partial charge in [0.2, 0.25) is 0 Å². The van der Waals surface area contributed by atoms with Crippen molar-refractivity contribution in [1.82, 2.24) is 9.99 Å². The van der Waals surface area contributed by atoms with Crippen LogP contribution in [0.25, 0.3) is 10.9 Å². The Morgan fingerprint density at radius 2 is 2.20 bits per heavy atom. The first kappa shape index (κ1) is 13.0. The first-order valence-corrected chi connectivity index (χ1v) is 6.80. The van der Waals surface area contributed by atoms with Gasteiger partial charge in [-0.3, -0.25) is 10.2 Å². The first-order chi connectivity index (χ1) is 9.70. The van der Waals surface area contributed by atoms with E-state index < -0.39 is 0 Å². The number of carbonyl (C=O) groups excluding carboxylic acids is 1. The van der Waals surface area contributed by atoms with Crippen LogP contribution in [0.1, 0.15) is 16.1 Å². The summed E-state index contributed by atoms with van der Waals surface area (Å²) in [6.45, 7) is 0.468. The number of halogens is 1. The van der Waals surface area contributed by atoms with E-state index in [0.29, 0.717) is 17.9 Å². The van der Waals surface area contributed by atoms with E-state index in [0.717, 1.165) is 15.4 Å². The Kier molecular flexibility index (Phi) is 3.33. The van der Waals surface area contributed by atoms with Crippen LogP contribution in [-0.2, 0) is 6.54 Å². The number of nitrogens with two attached hydrogens (primary N) is 1. The molecular formula is C14H12BrN3O2. The summed E-state index contributed by atoms with van der Waals surface area (Å²) < 4.78 is 8.45. The van der Waals surface area contributed by atoms with Crippen LogP contribution in [0, 0.1) is 0 Å². The highest BCUT2D eigenvalue weighted by molar-refractivity contribution is 9.10. The molecule has 2 aromatic heterocycles. The highest BCUT2D eigenvalue weighted by atomic mass is 79.9. The van der Waals surface area contributed by atoms with Gasteiger partial charge >= 0.3 is 0 Å². The van der Waals surface area contributed by atoms with E-state index in [2.05, 4.69) is 21.4 Å². The fourth-order valence-electron chi connectivity index (χ4n) is 2.22. The van der Waals surface area contributed by atoms with Gasteiger partial charge in [0.1, 0.15) is 5.76 Å². The molecule has 0 saturated carbocycles. The predicted octanol–water partition coefficient (Wildman–Crippen LogP) is 2.65. The zero-order valence-corrected chi connectivity index (χ0v) is 12.1. The predicted molar refractivity (Wildman–Crippen MR) is 79.1 cm³/mol. The quantitative estimate of drug-likeness (QED) is 0.439. The Bertz CT molecular complexity index is 776. The van der Waals surface area contributed by atoms with Gasteiger partial charge in [-0.05, 0) is 24.3 Å². The van der Waals surface area contributed by atoms with Gasteiger partial charge in [-0.15, -0.1) is 0 Å². The van der Waals surface area contributed by atoms with Crippen LogP contribution in [0.2, 0.25) is 0 Å². The number of fused-ring (bicyclic) bond motifs is 1. The van der Waals surface area contributed by atoms with E-state index >= 15 is 0 Å². The Morgan fingerprint density at radius 1 is 1.35 bits per heavy atom. The largest absolute Gasteiger partial charge is 0.467 e. The number of nitrogen functional groups attached to an aromatic ring is 1. The summed E-state index contributed by atoms with van der Waals surface area (Å²) in [4.78, 5) is 11.6. The normalized spacial score (nSPS) is 10.9. The van der Waals surface area contributed by atoms with Crippen LogP contribution in [0.4, 0.5) is 0 Å². The van der Waals surface area contributed by atoms with Crippen molar-refractivity contribution in [3.05, 3.63) is 58.6 Å². The number of hydrogen-bond acceptors (Lipinski definition) is 3. The van der Waals surface area contributed by atoms with Crippen molar-refractivity contribution in [3.8, 4) is 0 Å². The van der Waals surface area contributed by atoms with Crippen molar-refractivity contribution in [2.45, 2.75) is 6.54 Å². The van der Waals surface area contributed by atoms with E-state index in [1.54, 1.807) is 6.07 Å². The molecular weight excluding hydrogens is 322 g/mol. The molecule has 3 aromatic rings. The van der Waals surface area contributed by atoms with Gasteiger partial charge in [0, 0.05) is 21.6 Å². The molecule has 0 fully saturated rings. The molecule has 3 rings (SSSR count). The molecule has 0 bridgehead atoms. The lowest BCUT2D eigenvalue weighted by atomic mass is 10.2.